The highest BCUT2D eigenvalue weighted by atomic mass is 32.2. The normalized spacial score (nSPS) is 22.3. The van der Waals surface area contributed by atoms with Gasteiger partial charge in [0.05, 0.1) is 18.6 Å². The molecule has 2 heterocycles. The Morgan fingerprint density at radius 1 is 0.907 bits per heavy atom. The first-order valence-corrected chi connectivity index (χ1v) is 20.4. The maximum Gasteiger partial charge on any atom is 0.271 e. The lowest BCUT2D eigenvalue weighted by molar-refractivity contribution is -0.132. The van der Waals surface area contributed by atoms with Crippen LogP contribution >= 0.6 is 23.1 Å². The Hall–Kier alpha value is -4.76. The monoisotopic (exact) mass is 777 g/mol. The first kappa shape index (κ1) is 42.0. The van der Waals surface area contributed by atoms with E-state index in [0.717, 1.165) is 11.1 Å². The number of nitrogens with zero attached hydrogens (tertiary/aromatic N) is 2. The summed E-state index contributed by atoms with van der Waals surface area (Å²) in [7, 11) is 0. The molecule has 0 spiro atoms. The number of benzene rings is 2. The van der Waals surface area contributed by atoms with Crippen LogP contribution in [0.3, 0.4) is 0 Å². The molecule has 0 unspecified atom stereocenters. The second kappa shape index (κ2) is 20.1. The van der Waals surface area contributed by atoms with Crippen LogP contribution in [0.4, 0.5) is 0 Å². The fourth-order valence-electron chi connectivity index (χ4n) is 5.93. The van der Waals surface area contributed by atoms with Crippen molar-refractivity contribution >= 4 is 58.5 Å². The molecule has 2 bridgehead atoms. The van der Waals surface area contributed by atoms with Crippen molar-refractivity contribution in [3.05, 3.63) is 87.4 Å². The SMILES string of the molecule is CC[C@@H]1NC(=O)[C@@H](C)NC(=O)c2csc(n2)[C@H](C(C)C)NC(=O)CN(C(=O)c2ccc(C)cc2)C[C@H](Cc2ccccc2)NC(=O)[C@H](CCSC)NC1=O. The zero-order valence-corrected chi connectivity index (χ0v) is 33.3. The van der Waals surface area contributed by atoms with Crippen molar-refractivity contribution in [1.82, 2.24) is 36.5 Å². The predicted molar refractivity (Wildman–Crippen MR) is 211 cm³/mol. The largest absolute Gasteiger partial charge is 0.349 e. The molecule has 13 nitrogen and oxygen atoms in total. The van der Waals surface area contributed by atoms with E-state index in [0.29, 0.717) is 29.2 Å². The molecule has 290 valence electrons. The van der Waals surface area contributed by atoms with Crippen LogP contribution in [0, 0.1) is 12.8 Å². The van der Waals surface area contributed by atoms with Gasteiger partial charge in [0.2, 0.25) is 23.6 Å². The number of carbonyl (C=O) groups excluding carboxylic acids is 6. The third-order valence-corrected chi connectivity index (χ3v) is 10.6. The number of hydrogen-bond donors (Lipinski definition) is 5. The van der Waals surface area contributed by atoms with Gasteiger partial charge in [0.1, 0.15) is 28.8 Å². The van der Waals surface area contributed by atoms with Crippen molar-refractivity contribution in [1.29, 1.82) is 0 Å². The lowest BCUT2D eigenvalue weighted by atomic mass is 10.0. The quantitative estimate of drug-likeness (QED) is 0.231. The minimum atomic E-state index is -1.01. The average Bonchev–Trinajstić information content (AvgIpc) is 3.64. The van der Waals surface area contributed by atoms with Crippen molar-refractivity contribution in [2.24, 2.45) is 5.92 Å². The molecular weight excluding hydrogens is 727 g/mol. The summed E-state index contributed by atoms with van der Waals surface area (Å²) in [5, 5.41) is 16.3. The van der Waals surface area contributed by atoms with Gasteiger partial charge in [-0.2, -0.15) is 11.8 Å². The molecule has 0 saturated carbocycles. The number of amides is 6. The minimum absolute atomic E-state index is 0.0244. The van der Waals surface area contributed by atoms with E-state index in [1.54, 1.807) is 24.4 Å². The smallest absolute Gasteiger partial charge is 0.271 e. The summed E-state index contributed by atoms with van der Waals surface area (Å²) in [6, 6.07) is 12.3. The van der Waals surface area contributed by atoms with Crippen LogP contribution in [0.1, 0.15) is 83.6 Å². The Morgan fingerprint density at radius 2 is 1.57 bits per heavy atom. The van der Waals surface area contributed by atoms with E-state index >= 15 is 0 Å². The minimum Gasteiger partial charge on any atom is -0.349 e. The number of aryl methyl sites for hydroxylation is 1. The molecule has 5 N–H and O–H groups in total. The van der Waals surface area contributed by atoms with Gasteiger partial charge in [-0.05, 0) is 68.7 Å². The van der Waals surface area contributed by atoms with Crippen LogP contribution in [0.25, 0.3) is 0 Å². The molecule has 5 atom stereocenters. The summed E-state index contributed by atoms with van der Waals surface area (Å²) < 4.78 is 0. The molecule has 0 aliphatic carbocycles. The first-order chi connectivity index (χ1) is 25.8. The van der Waals surface area contributed by atoms with Gasteiger partial charge in [-0.25, -0.2) is 4.98 Å². The van der Waals surface area contributed by atoms with Crippen LogP contribution < -0.4 is 26.6 Å². The molecule has 2 aromatic carbocycles. The van der Waals surface area contributed by atoms with Crippen LogP contribution in [0.5, 0.6) is 0 Å². The zero-order valence-electron chi connectivity index (χ0n) is 31.6. The second-order valence-electron chi connectivity index (χ2n) is 13.8. The molecule has 1 aliphatic heterocycles. The van der Waals surface area contributed by atoms with E-state index in [9.17, 15) is 28.8 Å². The van der Waals surface area contributed by atoms with Gasteiger partial charge in [-0.3, -0.25) is 28.8 Å². The van der Waals surface area contributed by atoms with Crippen LogP contribution in [-0.4, -0.2) is 94.6 Å². The van der Waals surface area contributed by atoms with Crippen molar-refractivity contribution in [2.75, 3.05) is 25.1 Å². The number of aromatic nitrogens is 1. The van der Waals surface area contributed by atoms with E-state index in [4.69, 9.17) is 0 Å². The first-order valence-electron chi connectivity index (χ1n) is 18.1. The molecule has 6 amide bonds. The molecule has 54 heavy (non-hydrogen) atoms. The third kappa shape index (κ3) is 11.9. The number of rotatable bonds is 8. The van der Waals surface area contributed by atoms with E-state index < -0.39 is 65.7 Å². The molecular formula is C39H51N7O6S2. The molecule has 0 radical (unpaired) electrons. The topological polar surface area (TPSA) is 179 Å². The highest BCUT2D eigenvalue weighted by Crippen LogP contribution is 2.25. The molecule has 1 aliphatic rings. The fraction of sp³-hybridized carbons (Fsp3) is 0.462. The number of thioether (sulfide) groups is 1. The standard InChI is InChI=1S/C39H51N7O6S2/c1-7-29-35(49)43-30(17-18-53-6)36(50)41-28(19-26-11-9-8-10-12-26)20-46(39(52)27-15-13-24(4)14-16-27)21-32(47)45-33(23(2)3)38-44-31(22-54-38)37(51)40-25(5)34(48)42-29/h8-16,22-23,25,28-30,33H,7,17-21H2,1-6H3,(H,40,51)(H,41,50)(H,42,48)(H,43,49)(H,45,47)/t25-,28+,29+,30+,33+/m1/s1. The summed E-state index contributed by atoms with van der Waals surface area (Å²) in [6.07, 6.45) is 2.76. The number of nitrogens with one attached hydrogen (secondary N) is 5. The lowest BCUT2D eigenvalue weighted by Crippen LogP contribution is -2.58. The van der Waals surface area contributed by atoms with E-state index in [2.05, 4.69) is 31.6 Å². The number of fused-ring (bicyclic) bond motifs is 2. The summed E-state index contributed by atoms with van der Waals surface area (Å²) in [4.78, 5) is 88.0. The van der Waals surface area contributed by atoms with Crippen molar-refractivity contribution in [3.63, 3.8) is 0 Å². The van der Waals surface area contributed by atoms with Gasteiger partial charge in [0, 0.05) is 17.5 Å². The predicted octanol–water partition coefficient (Wildman–Crippen LogP) is 3.40. The summed E-state index contributed by atoms with van der Waals surface area (Å²) >= 11 is 2.71. The van der Waals surface area contributed by atoms with Crippen molar-refractivity contribution in [3.8, 4) is 0 Å². The Morgan fingerprint density at radius 3 is 2.22 bits per heavy atom. The lowest BCUT2D eigenvalue weighted by Gasteiger charge is -2.31. The Kier molecular flexibility index (Phi) is 15.6. The summed E-state index contributed by atoms with van der Waals surface area (Å²) in [6.45, 7) is 8.62. The van der Waals surface area contributed by atoms with Gasteiger partial charge in [-0.1, -0.05) is 68.8 Å². The van der Waals surface area contributed by atoms with Gasteiger partial charge in [-0.15, -0.1) is 11.3 Å². The summed E-state index contributed by atoms with van der Waals surface area (Å²) in [5.41, 5.74) is 2.32. The Labute approximate surface area is 325 Å². The highest BCUT2D eigenvalue weighted by Gasteiger charge is 2.32. The third-order valence-electron chi connectivity index (χ3n) is 9.06. The van der Waals surface area contributed by atoms with E-state index in [1.165, 1.54) is 34.9 Å². The van der Waals surface area contributed by atoms with Crippen molar-refractivity contribution in [2.45, 2.75) is 84.1 Å². The number of thiazole rings is 1. The van der Waals surface area contributed by atoms with Crippen LogP contribution in [0.2, 0.25) is 0 Å². The fourth-order valence-corrected chi connectivity index (χ4v) is 7.42. The Balaban J connectivity index is 1.77. The van der Waals surface area contributed by atoms with Crippen LogP contribution in [0.15, 0.2) is 60.0 Å². The van der Waals surface area contributed by atoms with E-state index in [-0.39, 0.29) is 31.1 Å². The van der Waals surface area contributed by atoms with Gasteiger partial charge < -0.3 is 31.5 Å². The zero-order chi connectivity index (χ0) is 39.4. The summed E-state index contributed by atoms with van der Waals surface area (Å²) in [5.74, 6) is -2.61. The number of hydrogen-bond acceptors (Lipinski definition) is 9. The number of carbonyl (C=O) groups is 6. The molecule has 1 aromatic heterocycles. The Bertz CT molecular complexity index is 1770. The molecule has 15 heteroatoms. The molecule has 3 aromatic rings. The van der Waals surface area contributed by atoms with Gasteiger partial charge >= 0.3 is 0 Å². The van der Waals surface area contributed by atoms with Crippen LogP contribution in [-0.2, 0) is 25.6 Å². The van der Waals surface area contributed by atoms with Gasteiger partial charge in [0.15, 0.2) is 0 Å². The van der Waals surface area contributed by atoms with E-state index in [1.807, 2.05) is 69.5 Å². The highest BCUT2D eigenvalue weighted by molar-refractivity contribution is 7.98. The van der Waals surface area contributed by atoms with Crippen molar-refractivity contribution < 1.29 is 28.8 Å². The molecule has 4 rings (SSSR count). The average molecular weight is 778 g/mol. The molecule has 0 saturated heterocycles. The molecule has 0 fully saturated rings. The maximum atomic E-state index is 14.2. The maximum absolute atomic E-state index is 14.2. The van der Waals surface area contributed by atoms with Gasteiger partial charge in [0.25, 0.3) is 11.8 Å². The second-order valence-corrected chi connectivity index (χ2v) is 15.7.